The Balaban J connectivity index is 1.69. The molecule has 0 amide bonds. The van der Waals surface area contributed by atoms with E-state index in [1.54, 1.807) is 4.68 Å². The zero-order chi connectivity index (χ0) is 19.1. The molecule has 3 aromatic rings. The topological polar surface area (TPSA) is 74.1 Å². The minimum Gasteiger partial charge on any atom is -0.490 e. The maximum absolute atomic E-state index is 6.19. The van der Waals surface area contributed by atoms with Gasteiger partial charge in [-0.1, -0.05) is 41.0 Å². The fraction of sp³-hybridized carbons (Fsp3) is 0.316. The highest BCUT2D eigenvalue weighted by Gasteiger charge is 2.09. The molecule has 142 valence electrons. The normalized spacial score (nSPS) is 10.6. The average Bonchev–Trinajstić information content (AvgIpc) is 3.14. The van der Waals surface area contributed by atoms with Crippen LogP contribution in [0.15, 0.2) is 42.5 Å². The van der Waals surface area contributed by atoms with Crippen LogP contribution in [0.2, 0.25) is 5.02 Å². The van der Waals surface area contributed by atoms with Crippen LogP contribution < -0.4 is 14.8 Å². The van der Waals surface area contributed by atoms with Crippen molar-refractivity contribution in [2.45, 2.75) is 33.5 Å². The number of aromatic nitrogens is 4. The van der Waals surface area contributed by atoms with Gasteiger partial charge in [0.2, 0.25) is 5.95 Å². The third-order valence-electron chi connectivity index (χ3n) is 3.93. The summed E-state index contributed by atoms with van der Waals surface area (Å²) in [4.78, 5) is 0. The Bertz CT molecular complexity index is 884. The van der Waals surface area contributed by atoms with Crippen LogP contribution >= 0.6 is 11.6 Å². The SMILES string of the molecule is CCOc1cc(CNc2nnnn2CC)ccc1OCc1ccccc1Cl. The van der Waals surface area contributed by atoms with E-state index in [9.17, 15) is 0 Å². The van der Waals surface area contributed by atoms with Crippen LogP contribution in [-0.4, -0.2) is 26.8 Å². The lowest BCUT2D eigenvalue weighted by Gasteiger charge is -2.14. The van der Waals surface area contributed by atoms with Gasteiger partial charge in [-0.05, 0) is 48.0 Å². The van der Waals surface area contributed by atoms with Gasteiger partial charge in [0, 0.05) is 23.7 Å². The maximum atomic E-state index is 6.19. The molecule has 2 aromatic carbocycles. The number of rotatable bonds is 9. The molecular formula is C19H22ClN5O2. The number of ether oxygens (including phenoxy) is 2. The van der Waals surface area contributed by atoms with Crippen LogP contribution in [0, 0.1) is 0 Å². The molecule has 0 aliphatic heterocycles. The molecular weight excluding hydrogens is 366 g/mol. The highest BCUT2D eigenvalue weighted by Crippen LogP contribution is 2.30. The second-order valence-electron chi connectivity index (χ2n) is 5.77. The number of nitrogens with one attached hydrogen (secondary N) is 1. The van der Waals surface area contributed by atoms with Crippen molar-refractivity contribution < 1.29 is 9.47 Å². The van der Waals surface area contributed by atoms with E-state index in [1.807, 2.05) is 56.3 Å². The van der Waals surface area contributed by atoms with E-state index in [-0.39, 0.29) is 0 Å². The minimum atomic E-state index is 0.378. The first-order valence-electron chi connectivity index (χ1n) is 8.83. The van der Waals surface area contributed by atoms with Crippen LogP contribution in [0.4, 0.5) is 5.95 Å². The number of aryl methyl sites for hydroxylation is 1. The Morgan fingerprint density at radius 1 is 1.07 bits per heavy atom. The molecule has 0 spiro atoms. The van der Waals surface area contributed by atoms with Crippen molar-refractivity contribution >= 4 is 17.5 Å². The van der Waals surface area contributed by atoms with Crippen LogP contribution in [0.25, 0.3) is 0 Å². The van der Waals surface area contributed by atoms with Gasteiger partial charge in [0.1, 0.15) is 6.61 Å². The summed E-state index contributed by atoms with van der Waals surface area (Å²) in [5.74, 6) is 2.01. The Morgan fingerprint density at radius 3 is 2.70 bits per heavy atom. The summed E-state index contributed by atoms with van der Waals surface area (Å²) in [6.07, 6.45) is 0. The molecule has 1 aromatic heterocycles. The number of hydrogen-bond acceptors (Lipinski definition) is 6. The van der Waals surface area contributed by atoms with Gasteiger partial charge in [-0.3, -0.25) is 0 Å². The molecule has 3 rings (SSSR count). The van der Waals surface area contributed by atoms with Crippen molar-refractivity contribution in [1.82, 2.24) is 20.2 Å². The average molecular weight is 388 g/mol. The number of halogens is 1. The van der Waals surface area contributed by atoms with Gasteiger partial charge < -0.3 is 14.8 Å². The Morgan fingerprint density at radius 2 is 1.93 bits per heavy atom. The van der Waals surface area contributed by atoms with Crippen LogP contribution in [0.5, 0.6) is 11.5 Å². The molecule has 0 saturated carbocycles. The van der Waals surface area contributed by atoms with Gasteiger partial charge in [-0.2, -0.15) is 0 Å². The number of tetrazole rings is 1. The monoisotopic (exact) mass is 387 g/mol. The molecule has 1 heterocycles. The molecule has 0 radical (unpaired) electrons. The van der Waals surface area contributed by atoms with Gasteiger partial charge in [0.25, 0.3) is 0 Å². The zero-order valence-corrected chi connectivity index (χ0v) is 16.1. The van der Waals surface area contributed by atoms with Gasteiger partial charge in [0.15, 0.2) is 11.5 Å². The summed E-state index contributed by atoms with van der Waals surface area (Å²) in [6, 6.07) is 13.5. The Labute approximate surface area is 163 Å². The van der Waals surface area contributed by atoms with E-state index in [0.29, 0.717) is 48.8 Å². The summed E-state index contributed by atoms with van der Waals surface area (Å²) in [7, 11) is 0. The second-order valence-corrected chi connectivity index (χ2v) is 6.17. The first-order chi connectivity index (χ1) is 13.2. The van der Waals surface area contributed by atoms with Gasteiger partial charge >= 0.3 is 0 Å². The predicted molar refractivity (Wildman–Crippen MR) is 104 cm³/mol. The van der Waals surface area contributed by atoms with Crippen molar-refractivity contribution in [2.24, 2.45) is 0 Å². The number of hydrogen-bond donors (Lipinski definition) is 1. The lowest BCUT2D eigenvalue weighted by Crippen LogP contribution is -2.08. The van der Waals surface area contributed by atoms with E-state index >= 15 is 0 Å². The van der Waals surface area contributed by atoms with Gasteiger partial charge in [-0.15, -0.1) is 0 Å². The Kier molecular flexibility index (Phi) is 6.49. The van der Waals surface area contributed by atoms with E-state index < -0.39 is 0 Å². The first kappa shape index (κ1) is 19.0. The minimum absolute atomic E-state index is 0.378. The summed E-state index contributed by atoms with van der Waals surface area (Å²) in [5, 5.41) is 15.5. The number of nitrogens with zero attached hydrogens (tertiary/aromatic N) is 4. The highest BCUT2D eigenvalue weighted by molar-refractivity contribution is 6.31. The van der Waals surface area contributed by atoms with E-state index in [0.717, 1.165) is 11.1 Å². The van der Waals surface area contributed by atoms with Crippen LogP contribution in [0.1, 0.15) is 25.0 Å². The summed E-state index contributed by atoms with van der Waals surface area (Å²) in [6.45, 7) is 6.13. The van der Waals surface area contributed by atoms with Crippen LogP contribution in [-0.2, 0) is 19.7 Å². The molecule has 0 aliphatic rings. The summed E-state index contributed by atoms with van der Waals surface area (Å²) < 4.78 is 13.4. The molecule has 0 unspecified atom stereocenters. The fourth-order valence-electron chi connectivity index (χ4n) is 2.55. The molecule has 7 nitrogen and oxygen atoms in total. The largest absolute Gasteiger partial charge is 0.490 e. The van der Waals surface area contributed by atoms with E-state index in [4.69, 9.17) is 21.1 Å². The van der Waals surface area contributed by atoms with E-state index in [2.05, 4.69) is 20.8 Å². The van der Waals surface area contributed by atoms with E-state index in [1.165, 1.54) is 0 Å². The van der Waals surface area contributed by atoms with Crippen molar-refractivity contribution in [1.29, 1.82) is 0 Å². The quantitative estimate of drug-likeness (QED) is 0.599. The maximum Gasteiger partial charge on any atom is 0.243 e. The van der Waals surface area contributed by atoms with Crippen molar-refractivity contribution in [2.75, 3.05) is 11.9 Å². The van der Waals surface area contributed by atoms with Crippen molar-refractivity contribution in [3.63, 3.8) is 0 Å². The second kappa shape index (κ2) is 9.23. The molecule has 0 atom stereocenters. The summed E-state index contributed by atoms with van der Waals surface area (Å²) in [5.41, 5.74) is 1.97. The number of anilines is 1. The van der Waals surface area contributed by atoms with Crippen molar-refractivity contribution in [3.05, 3.63) is 58.6 Å². The number of benzene rings is 2. The lowest BCUT2D eigenvalue weighted by atomic mass is 10.2. The smallest absolute Gasteiger partial charge is 0.243 e. The molecule has 0 bridgehead atoms. The fourth-order valence-corrected chi connectivity index (χ4v) is 2.74. The van der Waals surface area contributed by atoms with Gasteiger partial charge in [-0.25, -0.2) is 4.68 Å². The molecule has 1 N–H and O–H groups in total. The molecule has 0 saturated heterocycles. The molecule has 27 heavy (non-hydrogen) atoms. The Hall–Kier alpha value is -2.80. The van der Waals surface area contributed by atoms with Crippen LogP contribution in [0.3, 0.4) is 0 Å². The van der Waals surface area contributed by atoms with Crippen molar-refractivity contribution in [3.8, 4) is 11.5 Å². The third-order valence-corrected chi connectivity index (χ3v) is 4.30. The molecule has 8 heteroatoms. The predicted octanol–water partition coefficient (Wildman–Crippen LogP) is 3.94. The lowest BCUT2D eigenvalue weighted by molar-refractivity contribution is 0.269. The highest BCUT2D eigenvalue weighted by atomic mass is 35.5. The summed E-state index contributed by atoms with van der Waals surface area (Å²) >= 11 is 6.19. The first-order valence-corrected chi connectivity index (χ1v) is 9.21. The molecule has 0 aliphatic carbocycles. The zero-order valence-electron chi connectivity index (χ0n) is 15.4. The van der Waals surface area contributed by atoms with Gasteiger partial charge in [0.05, 0.1) is 6.61 Å². The molecule has 0 fully saturated rings. The third kappa shape index (κ3) is 4.89. The standard InChI is InChI=1S/C19H22ClN5O2/c1-3-25-19(22-23-24-25)21-12-14-9-10-17(18(11-14)26-4-2)27-13-15-7-5-6-8-16(15)20/h5-11H,3-4,12-13H2,1-2H3,(H,21,22,24).